The molecule has 1 aromatic carbocycles. The van der Waals surface area contributed by atoms with Gasteiger partial charge in [-0.05, 0) is 43.4 Å². The number of benzene rings is 1. The number of fused-ring (bicyclic) bond motifs is 1. The topological polar surface area (TPSA) is 70.2 Å². The Balaban J connectivity index is 1.30. The second kappa shape index (κ2) is 7.27. The van der Waals surface area contributed by atoms with E-state index in [4.69, 9.17) is 0 Å². The van der Waals surface area contributed by atoms with E-state index in [1.54, 1.807) is 18.5 Å². The van der Waals surface area contributed by atoms with Gasteiger partial charge in [-0.1, -0.05) is 12.1 Å². The summed E-state index contributed by atoms with van der Waals surface area (Å²) >= 11 is 0. The van der Waals surface area contributed by atoms with E-state index in [-0.39, 0.29) is 17.9 Å². The molecule has 0 spiro atoms. The van der Waals surface area contributed by atoms with E-state index in [2.05, 4.69) is 25.5 Å². The third kappa shape index (κ3) is 3.61. The standard InChI is InChI=1S/C19H22FN5O/c20-14-6-4-13(5-7-14)10-21-19(26)24-15-8-9-25(11-15)18-16-2-1-3-17(16)22-12-23-18/h4-7,12,15H,1-3,8-11H2,(H2,21,24,26). The lowest BCUT2D eigenvalue weighted by molar-refractivity contribution is 0.237. The molecule has 2 aliphatic rings. The first-order chi connectivity index (χ1) is 12.7. The van der Waals surface area contributed by atoms with Gasteiger partial charge in [0.2, 0.25) is 0 Å². The normalized spacial score (nSPS) is 18.7. The van der Waals surface area contributed by atoms with E-state index >= 15 is 0 Å². The number of carbonyl (C=O) groups is 1. The summed E-state index contributed by atoms with van der Waals surface area (Å²) in [4.78, 5) is 23.2. The van der Waals surface area contributed by atoms with Crippen molar-refractivity contribution in [3.05, 3.63) is 53.2 Å². The van der Waals surface area contributed by atoms with Crippen LogP contribution in [0.1, 0.15) is 29.7 Å². The average Bonchev–Trinajstić information content (AvgIpc) is 3.30. The largest absolute Gasteiger partial charge is 0.354 e. The number of amides is 2. The van der Waals surface area contributed by atoms with Crippen LogP contribution in [0.2, 0.25) is 0 Å². The molecule has 6 nitrogen and oxygen atoms in total. The van der Waals surface area contributed by atoms with Gasteiger partial charge in [-0.3, -0.25) is 0 Å². The van der Waals surface area contributed by atoms with Crippen LogP contribution in [0.3, 0.4) is 0 Å². The SMILES string of the molecule is O=C(NCc1ccc(F)cc1)NC1CCN(c2ncnc3c2CCC3)C1. The molecule has 0 saturated carbocycles. The molecule has 4 rings (SSSR count). The summed E-state index contributed by atoms with van der Waals surface area (Å²) in [6, 6.07) is 6.02. The lowest BCUT2D eigenvalue weighted by atomic mass is 10.2. The van der Waals surface area contributed by atoms with E-state index in [1.807, 2.05) is 0 Å². The van der Waals surface area contributed by atoms with E-state index in [0.717, 1.165) is 50.2 Å². The molecule has 1 atom stereocenters. The molecular formula is C19H22FN5O. The van der Waals surface area contributed by atoms with Gasteiger partial charge in [0, 0.05) is 36.9 Å². The van der Waals surface area contributed by atoms with E-state index in [0.29, 0.717) is 6.54 Å². The number of hydrogen-bond donors (Lipinski definition) is 2. The highest BCUT2D eigenvalue weighted by Crippen LogP contribution is 2.29. The zero-order valence-electron chi connectivity index (χ0n) is 14.5. The van der Waals surface area contributed by atoms with Crippen molar-refractivity contribution in [2.24, 2.45) is 0 Å². The Morgan fingerprint density at radius 3 is 2.92 bits per heavy atom. The summed E-state index contributed by atoms with van der Waals surface area (Å²) < 4.78 is 12.9. The monoisotopic (exact) mass is 355 g/mol. The minimum Gasteiger partial charge on any atom is -0.354 e. The molecule has 1 aliphatic carbocycles. The molecule has 0 radical (unpaired) electrons. The van der Waals surface area contributed by atoms with Crippen molar-refractivity contribution in [3.63, 3.8) is 0 Å². The highest BCUT2D eigenvalue weighted by Gasteiger charge is 2.28. The Morgan fingerprint density at radius 1 is 1.23 bits per heavy atom. The van der Waals surface area contributed by atoms with Gasteiger partial charge in [0.25, 0.3) is 0 Å². The number of rotatable bonds is 4. The number of aromatic nitrogens is 2. The van der Waals surface area contributed by atoms with Crippen LogP contribution in [0.15, 0.2) is 30.6 Å². The van der Waals surface area contributed by atoms with Crippen molar-refractivity contribution in [2.45, 2.75) is 38.3 Å². The fourth-order valence-corrected chi connectivity index (χ4v) is 3.71. The lowest BCUT2D eigenvalue weighted by Gasteiger charge is -2.20. The molecule has 136 valence electrons. The number of nitrogens with one attached hydrogen (secondary N) is 2. The molecule has 1 fully saturated rings. The van der Waals surface area contributed by atoms with Gasteiger partial charge in [-0.25, -0.2) is 19.2 Å². The van der Waals surface area contributed by atoms with Crippen LogP contribution in [0.25, 0.3) is 0 Å². The fraction of sp³-hybridized carbons (Fsp3) is 0.421. The molecule has 2 amide bonds. The average molecular weight is 355 g/mol. The van der Waals surface area contributed by atoms with Gasteiger partial charge in [0.15, 0.2) is 0 Å². The summed E-state index contributed by atoms with van der Waals surface area (Å²) in [6.07, 6.45) is 5.76. The van der Waals surface area contributed by atoms with Gasteiger partial charge in [-0.2, -0.15) is 0 Å². The van der Waals surface area contributed by atoms with Crippen LogP contribution in [0, 0.1) is 5.82 Å². The highest BCUT2D eigenvalue weighted by atomic mass is 19.1. The Labute approximate surface area is 151 Å². The van der Waals surface area contributed by atoms with Crippen LogP contribution in [0.4, 0.5) is 15.0 Å². The first kappa shape index (κ1) is 16.8. The summed E-state index contributed by atoms with van der Waals surface area (Å²) in [7, 11) is 0. The van der Waals surface area contributed by atoms with Crippen molar-refractivity contribution in [2.75, 3.05) is 18.0 Å². The Kier molecular flexibility index (Phi) is 4.69. The Hall–Kier alpha value is -2.70. The van der Waals surface area contributed by atoms with Crippen LogP contribution in [-0.2, 0) is 19.4 Å². The molecular weight excluding hydrogens is 333 g/mol. The molecule has 2 N–H and O–H groups in total. The van der Waals surface area contributed by atoms with Gasteiger partial charge in [-0.15, -0.1) is 0 Å². The van der Waals surface area contributed by atoms with E-state index < -0.39 is 0 Å². The predicted molar refractivity (Wildman–Crippen MR) is 96.4 cm³/mol. The van der Waals surface area contributed by atoms with Crippen LogP contribution < -0.4 is 15.5 Å². The molecule has 7 heteroatoms. The number of aryl methyl sites for hydroxylation is 1. The number of urea groups is 1. The second-order valence-electron chi connectivity index (χ2n) is 6.86. The molecule has 2 aromatic rings. The van der Waals surface area contributed by atoms with Gasteiger partial charge < -0.3 is 15.5 Å². The molecule has 1 aromatic heterocycles. The van der Waals surface area contributed by atoms with E-state index in [9.17, 15) is 9.18 Å². The molecule has 1 saturated heterocycles. The van der Waals surface area contributed by atoms with Crippen molar-refractivity contribution in [1.29, 1.82) is 0 Å². The van der Waals surface area contributed by atoms with Crippen molar-refractivity contribution in [1.82, 2.24) is 20.6 Å². The zero-order chi connectivity index (χ0) is 17.9. The zero-order valence-corrected chi connectivity index (χ0v) is 14.5. The maximum absolute atomic E-state index is 12.9. The first-order valence-electron chi connectivity index (χ1n) is 9.05. The summed E-state index contributed by atoms with van der Waals surface area (Å²) in [5, 5.41) is 5.84. The van der Waals surface area contributed by atoms with Crippen molar-refractivity contribution >= 4 is 11.8 Å². The summed E-state index contributed by atoms with van der Waals surface area (Å²) in [6.45, 7) is 2.02. The Bertz CT molecular complexity index is 795. The minimum atomic E-state index is -0.277. The number of anilines is 1. The smallest absolute Gasteiger partial charge is 0.315 e. The van der Waals surface area contributed by atoms with E-state index in [1.165, 1.54) is 23.4 Å². The highest BCUT2D eigenvalue weighted by molar-refractivity contribution is 5.74. The number of carbonyl (C=O) groups excluding carboxylic acids is 1. The van der Waals surface area contributed by atoms with Crippen LogP contribution >= 0.6 is 0 Å². The number of halogens is 1. The fourth-order valence-electron chi connectivity index (χ4n) is 3.71. The third-order valence-corrected chi connectivity index (χ3v) is 5.04. The maximum Gasteiger partial charge on any atom is 0.315 e. The van der Waals surface area contributed by atoms with Crippen molar-refractivity contribution < 1.29 is 9.18 Å². The van der Waals surface area contributed by atoms with Gasteiger partial charge >= 0.3 is 6.03 Å². The quantitative estimate of drug-likeness (QED) is 0.882. The second-order valence-corrected chi connectivity index (χ2v) is 6.86. The summed E-state index contributed by atoms with van der Waals surface area (Å²) in [5.41, 5.74) is 3.31. The number of hydrogen-bond acceptors (Lipinski definition) is 4. The lowest BCUT2D eigenvalue weighted by Crippen LogP contribution is -2.43. The predicted octanol–water partition coefficient (Wildman–Crippen LogP) is 2.18. The molecule has 0 bridgehead atoms. The molecule has 26 heavy (non-hydrogen) atoms. The molecule has 1 aliphatic heterocycles. The van der Waals surface area contributed by atoms with Gasteiger partial charge in [0.05, 0.1) is 0 Å². The Morgan fingerprint density at radius 2 is 2.08 bits per heavy atom. The number of nitrogens with zero attached hydrogens (tertiary/aromatic N) is 3. The molecule has 2 heterocycles. The molecule has 1 unspecified atom stereocenters. The van der Waals surface area contributed by atoms with Crippen LogP contribution in [0.5, 0.6) is 0 Å². The van der Waals surface area contributed by atoms with Crippen LogP contribution in [-0.4, -0.2) is 35.1 Å². The summed E-state index contributed by atoms with van der Waals surface area (Å²) in [5.74, 6) is 0.754. The maximum atomic E-state index is 12.9. The minimum absolute atomic E-state index is 0.0928. The first-order valence-corrected chi connectivity index (χ1v) is 9.05. The van der Waals surface area contributed by atoms with Gasteiger partial charge in [0.1, 0.15) is 18.0 Å². The third-order valence-electron chi connectivity index (χ3n) is 5.04. The van der Waals surface area contributed by atoms with Crippen molar-refractivity contribution in [3.8, 4) is 0 Å².